The van der Waals surface area contributed by atoms with Crippen molar-refractivity contribution in [3.8, 4) is 0 Å². The molecule has 2 aromatic carbocycles. The van der Waals surface area contributed by atoms with Crippen molar-refractivity contribution >= 4 is 21.8 Å². The van der Waals surface area contributed by atoms with Crippen LogP contribution in [0.3, 0.4) is 0 Å². The summed E-state index contributed by atoms with van der Waals surface area (Å²) in [5.74, 6) is 0. The van der Waals surface area contributed by atoms with Crippen LogP contribution in [0.2, 0.25) is 0 Å². The third-order valence-corrected chi connectivity index (χ3v) is 3.71. The van der Waals surface area contributed by atoms with Gasteiger partial charge in [0.25, 0.3) is 0 Å². The van der Waals surface area contributed by atoms with Gasteiger partial charge < -0.3 is 4.98 Å². The zero-order valence-corrected chi connectivity index (χ0v) is 9.53. The minimum Gasteiger partial charge on any atom is -0.354 e. The van der Waals surface area contributed by atoms with E-state index in [1.54, 1.807) is 0 Å². The number of nitrogens with one attached hydrogen (secondary N) is 1. The lowest BCUT2D eigenvalue weighted by Gasteiger charge is -2.11. The SMILES string of the molecule is C1=CCc2c(ccc3c2[nH]c2ccccc23)C1. The number of aromatic nitrogens is 1. The molecule has 0 atom stereocenters. The van der Waals surface area contributed by atoms with Crippen molar-refractivity contribution in [3.63, 3.8) is 0 Å². The number of para-hydroxylation sites is 1. The molecule has 0 bridgehead atoms. The molecule has 0 amide bonds. The van der Waals surface area contributed by atoms with E-state index >= 15 is 0 Å². The molecule has 82 valence electrons. The molecule has 1 heterocycles. The van der Waals surface area contributed by atoms with Crippen LogP contribution >= 0.6 is 0 Å². The molecular formula is C16H13N. The molecule has 0 aliphatic heterocycles. The smallest absolute Gasteiger partial charge is 0.0503 e. The van der Waals surface area contributed by atoms with Gasteiger partial charge in [-0.2, -0.15) is 0 Å². The summed E-state index contributed by atoms with van der Waals surface area (Å²) in [7, 11) is 0. The first-order valence-electron chi connectivity index (χ1n) is 6.09. The summed E-state index contributed by atoms with van der Waals surface area (Å²) >= 11 is 0. The molecule has 0 fully saturated rings. The minimum atomic E-state index is 1.06. The van der Waals surface area contributed by atoms with Gasteiger partial charge in [0.2, 0.25) is 0 Å². The Morgan fingerprint density at radius 2 is 1.71 bits per heavy atom. The molecule has 1 nitrogen and oxygen atoms in total. The fourth-order valence-electron chi connectivity index (χ4n) is 2.86. The highest BCUT2D eigenvalue weighted by Crippen LogP contribution is 2.31. The Morgan fingerprint density at radius 1 is 0.824 bits per heavy atom. The summed E-state index contributed by atoms with van der Waals surface area (Å²) in [5.41, 5.74) is 5.51. The highest BCUT2D eigenvalue weighted by Gasteiger charge is 2.12. The van der Waals surface area contributed by atoms with Gasteiger partial charge in [0, 0.05) is 16.3 Å². The number of hydrogen-bond donors (Lipinski definition) is 1. The first-order chi connectivity index (χ1) is 8.43. The molecule has 17 heavy (non-hydrogen) atoms. The Hall–Kier alpha value is -2.02. The van der Waals surface area contributed by atoms with Gasteiger partial charge in [-0.05, 0) is 30.0 Å². The van der Waals surface area contributed by atoms with Crippen LogP contribution in [-0.2, 0) is 12.8 Å². The van der Waals surface area contributed by atoms with Crippen molar-refractivity contribution in [2.75, 3.05) is 0 Å². The molecule has 0 unspecified atom stereocenters. The van der Waals surface area contributed by atoms with Gasteiger partial charge in [-0.1, -0.05) is 42.5 Å². The van der Waals surface area contributed by atoms with Crippen LogP contribution in [0, 0.1) is 0 Å². The summed E-state index contributed by atoms with van der Waals surface area (Å²) < 4.78 is 0. The fraction of sp³-hybridized carbons (Fsp3) is 0.125. The van der Waals surface area contributed by atoms with Crippen LogP contribution in [0.1, 0.15) is 11.1 Å². The van der Waals surface area contributed by atoms with Gasteiger partial charge in [-0.15, -0.1) is 0 Å². The van der Waals surface area contributed by atoms with Crippen molar-refractivity contribution in [3.05, 3.63) is 59.7 Å². The molecule has 1 aliphatic carbocycles. The van der Waals surface area contributed by atoms with E-state index in [9.17, 15) is 0 Å². The van der Waals surface area contributed by atoms with Crippen molar-refractivity contribution < 1.29 is 0 Å². The van der Waals surface area contributed by atoms with E-state index in [2.05, 4.69) is 53.5 Å². The monoisotopic (exact) mass is 219 g/mol. The first-order valence-corrected chi connectivity index (χ1v) is 6.09. The largest absolute Gasteiger partial charge is 0.354 e. The average molecular weight is 219 g/mol. The van der Waals surface area contributed by atoms with E-state index in [0.29, 0.717) is 0 Å². The molecule has 0 saturated heterocycles. The molecular weight excluding hydrogens is 206 g/mol. The third kappa shape index (κ3) is 1.19. The second-order valence-electron chi connectivity index (χ2n) is 4.68. The molecule has 1 heteroatoms. The Labute approximate surface area is 99.8 Å². The molecule has 1 aromatic heterocycles. The Morgan fingerprint density at radius 3 is 2.71 bits per heavy atom. The number of benzene rings is 2. The van der Waals surface area contributed by atoms with Crippen LogP contribution in [0.5, 0.6) is 0 Å². The maximum absolute atomic E-state index is 3.57. The van der Waals surface area contributed by atoms with Crippen LogP contribution in [0.4, 0.5) is 0 Å². The Bertz CT molecular complexity index is 747. The van der Waals surface area contributed by atoms with E-state index in [0.717, 1.165) is 12.8 Å². The molecule has 0 saturated carbocycles. The molecule has 1 aliphatic rings. The van der Waals surface area contributed by atoms with Crippen molar-refractivity contribution in [2.24, 2.45) is 0 Å². The van der Waals surface area contributed by atoms with Crippen molar-refractivity contribution in [1.82, 2.24) is 4.98 Å². The molecule has 0 spiro atoms. The standard InChI is InChI=1S/C16H13N/c1-2-6-12-11(5-1)9-10-14-13-7-3-4-8-15(13)17-16(12)14/h1-4,7-10,17H,5-6H2. The van der Waals surface area contributed by atoms with E-state index in [4.69, 9.17) is 0 Å². The Kier molecular flexibility index (Phi) is 1.72. The van der Waals surface area contributed by atoms with E-state index in [1.165, 1.54) is 32.9 Å². The van der Waals surface area contributed by atoms with Gasteiger partial charge >= 0.3 is 0 Å². The average Bonchev–Trinajstić information content (AvgIpc) is 2.78. The van der Waals surface area contributed by atoms with Gasteiger partial charge in [-0.3, -0.25) is 0 Å². The highest BCUT2D eigenvalue weighted by molar-refractivity contribution is 6.08. The predicted octanol–water partition coefficient (Wildman–Crippen LogP) is 3.98. The van der Waals surface area contributed by atoms with Gasteiger partial charge in [-0.25, -0.2) is 0 Å². The quantitative estimate of drug-likeness (QED) is 0.550. The molecule has 0 radical (unpaired) electrons. The predicted molar refractivity (Wildman–Crippen MR) is 72.4 cm³/mol. The number of rotatable bonds is 0. The van der Waals surface area contributed by atoms with Gasteiger partial charge in [0.05, 0.1) is 5.52 Å². The number of fused-ring (bicyclic) bond motifs is 5. The van der Waals surface area contributed by atoms with Crippen LogP contribution in [0.15, 0.2) is 48.6 Å². The summed E-state index contributed by atoms with van der Waals surface area (Å²) in [5, 5.41) is 2.69. The lowest BCUT2D eigenvalue weighted by Crippen LogP contribution is -1.97. The second-order valence-corrected chi connectivity index (χ2v) is 4.68. The van der Waals surface area contributed by atoms with Crippen LogP contribution in [-0.4, -0.2) is 4.98 Å². The maximum atomic E-state index is 3.57. The van der Waals surface area contributed by atoms with Crippen molar-refractivity contribution in [1.29, 1.82) is 0 Å². The zero-order valence-electron chi connectivity index (χ0n) is 9.53. The van der Waals surface area contributed by atoms with Crippen LogP contribution < -0.4 is 0 Å². The fourth-order valence-corrected chi connectivity index (χ4v) is 2.86. The lowest BCUT2D eigenvalue weighted by molar-refractivity contribution is 1.10. The number of H-pyrrole nitrogens is 1. The number of hydrogen-bond acceptors (Lipinski definition) is 0. The topological polar surface area (TPSA) is 15.8 Å². The first kappa shape index (κ1) is 9.06. The van der Waals surface area contributed by atoms with E-state index in [1.807, 2.05) is 0 Å². The van der Waals surface area contributed by atoms with E-state index < -0.39 is 0 Å². The third-order valence-electron chi connectivity index (χ3n) is 3.71. The minimum absolute atomic E-state index is 1.06. The van der Waals surface area contributed by atoms with Crippen molar-refractivity contribution in [2.45, 2.75) is 12.8 Å². The number of allylic oxidation sites excluding steroid dienone is 2. The Balaban J connectivity index is 2.18. The molecule has 1 N–H and O–H groups in total. The highest BCUT2D eigenvalue weighted by atomic mass is 14.7. The maximum Gasteiger partial charge on any atom is 0.0503 e. The second kappa shape index (κ2) is 3.24. The summed E-state index contributed by atoms with van der Waals surface area (Å²) in [6, 6.07) is 13.1. The summed E-state index contributed by atoms with van der Waals surface area (Å²) in [6.07, 6.45) is 6.66. The molecule has 4 rings (SSSR count). The van der Waals surface area contributed by atoms with Crippen LogP contribution in [0.25, 0.3) is 21.8 Å². The molecule has 3 aromatic rings. The van der Waals surface area contributed by atoms with Gasteiger partial charge in [0.15, 0.2) is 0 Å². The normalized spacial score (nSPS) is 14.4. The van der Waals surface area contributed by atoms with Gasteiger partial charge in [0.1, 0.15) is 0 Å². The number of aromatic amines is 1. The summed E-state index contributed by atoms with van der Waals surface area (Å²) in [6.45, 7) is 0. The summed E-state index contributed by atoms with van der Waals surface area (Å²) in [4.78, 5) is 3.57. The van der Waals surface area contributed by atoms with E-state index in [-0.39, 0.29) is 0 Å². The zero-order chi connectivity index (χ0) is 11.2. The lowest BCUT2D eigenvalue weighted by atomic mass is 9.94.